The Balaban J connectivity index is 2.17. The van der Waals surface area contributed by atoms with Crippen molar-refractivity contribution < 1.29 is 13.5 Å². The summed E-state index contributed by atoms with van der Waals surface area (Å²) in [5, 5.41) is 2.89. The number of aromatic nitrogens is 1. The van der Waals surface area contributed by atoms with Crippen molar-refractivity contribution in [2.75, 3.05) is 36.5 Å². The average molecular weight is 299 g/mol. The van der Waals surface area contributed by atoms with Crippen molar-refractivity contribution in [3.05, 3.63) is 17.7 Å². The number of hydrogen-bond acceptors (Lipinski definition) is 4. The second kappa shape index (κ2) is 7.54. The Morgan fingerprint density at radius 2 is 2.19 bits per heavy atom. The van der Waals surface area contributed by atoms with E-state index in [1.807, 2.05) is 18.7 Å². The van der Waals surface area contributed by atoms with Crippen LogP contribution < -0.4 is 10.2 Å². The molecule has 1 unspecified atom stereocenters. The molecule has 2 heterocycles. The second-order valence-electron chi connectivity index (χ2n) is 5.22. The van der Waals surface area contributed by atoms with Gasteiger partial charge in [0.1, 0.15) is 0 Å². The molecule has 1 aromatic rings. The Morgan fingerprint density at radius 3 is 2.90 bits per heavy atom. The van der Waals surface area contributed by atoms with Gasteiger partial charge in [-0.1, -0.05) is 6.92 Å². The SMILES string of the molecule is CCCNc1nc(N2CCCC(OCC)C2)c(F)cc1F. The van der Waals surface area contributed by atoms with Crippen molar-refractivity contribution in [2.45, 2.75) is 39.2 Å². The summed E-state index contributed by atoms with van der Waals surface area (Å²) in [5.74, 6) is -0.944. The summed E-state index contributed by atoms with van der Waals surface area (Å²) in [6, 6.07) is 0.907. The van der Waals surface area contributed by atoms with Crippen LogP contribution in [0, 0.1) is 11.6 Å². The van der Waals surface area contributed by atoms with Gasteiger partial charge in [0.05, 0.1) is 6.10 Å². The van der Waals surface area contributed by atoms with Gasteiger partial charge >= 0.3 is 0 Å². The molecule has 0 aromatic carbocycles. The summed E-state index contributed by atoms with van der Waals surface area (Å²) in [6.45, 7) is 6.48. The number of anilines is 2. The Kier molecular flexibility index (Phi) is 5.73. The third kappa shape index (κ3) is 4.03. The van der Waals surface area contributed by atoms with Crippen LogP contribution in [-0.2, 0) is 4.74 Å². The van der Waals surface area contributed by atoms with Gasteiger partial charge in [-0.3, -0.25) is 0 Å². The minimum Gasteiger partial charge on any atom is -0.377 e. The van der Waals surface area contributed by atoms with E-state index in [1.54, 1.807) is 0 Å². The Bertz CT molecular complexity index is 468. The molecule has 0 bridgehead atoms. The van der Waals surface area contributed by atoms with E-state index >= 15 is 0 Å². The van der Waals surface area contributed by atoms with Gasteiger partial charge in [0.15, 0.2) is 23.3 Å². The van der Waals surface area contributed by atoms with Gasteiger partial charge in [-0.2, -0.15) is 0 Å². The van der Waals surface area contributed by atoms with Crippen LogP contribution in [0.5, 0.6) is 0 Å². The van der Waals surface area contributed by atoms with E-state index in [9.17, 15) is 8.78 Å². The molecule has 1 atom stereocenters. The largest absolute Gasteiger partial charge is 0.377 e. The topological polar surface area (TPSA) is 37.4 Å². The summed E-state index contributed by atoms with van der Waals surface area (Å²) < 4.78 is 33.4. The molecule has 1 fully saturated rings. The standard InChI is InChI=1S/C15H23F2N3O/c1-3-7-18-14-12(16)9-13(17)15(19-14)20-8-5-6-11(10-20)21-4-2/h9,11H,3-8,10H2,1-2H3,(H,18,19). The first-order chi connectivity index (χ1) is 10.2. The van der Waals surface area contributed by atoms with Gasteiger partial charge in [0, 0.05) is 32.3 Å². The molecule has 0 amide bonds. The van der Waals surface area contributed by atoms with Gasteiger partial charge in [0.25, 0.3) is 0 Å². The maximum absolute atomic E-state index is 14.0. The zero-order chi connectivity index (χ0) is 15.2. The van der Waals surface area contributed by atoms with E-state index in [-0.39, 0.29) is 17.7 Å². The van der Waals surface area contributed by atoms with Crippen molar-refractivity contribution in [3.63, 3.8) is 0 Å². The molecule has 1 saturated heterocycles. The maximum atomic E-state index is 14.0. The van der Waals surface area contributed by atoms with Crippen molar-refractivity contribution in [3.8, 4) is 0 Å². The quantitative estimate of drug-likeness (QED) is 0.875. The zero-order valence-corrected chi connectivity index (χ0v) is 12.7. The number of nitrogens with one attached hydrogen (secondary N) is 1. The fourth-order valence-electron chi connectivity index (χ4n) is 2.55. The lowest BCUT2D eigenvalue weighted by molar-refractivity contribution is 0.0524. The normalized spacial score (nSPS) is 18.9. The number of rotatable bonds is 6. The third-order valence-corrected chi connectivity index (χ3v) is 3.53. The Hall–Kier alpha value is -1.43. The molecular formula is C15H23F2N3O. The first kappa shape index (κ1) is 15.9. The number of hydrogen-bond donors (Lipinski definition) is 1. The lowest BCUT2D eigenvalue weighted by atomic mass is 10.1. The van der Waals surface area contributed by atoms with Crippen molar-refractivity contribution in [1.29, 1.82) is 0 Å². The van der Waals surface area contributed by atoms with E-state index in [2.05, 4.69) is 10.3 Å². The molecule has 2 rings (SSSR count). The number of pyridine rings is 1. The molecule has 0 saturated carbocycles. The van der Waals surface area contributed by atoms with E-state index in [4.69, 9.17) is 4.74 Å². The fourth-order valence-corrected chi connectivity index (χ4v) is 2.55. The Morgan fingerprint density at radius 1 is 1.38 bits per heavy atom. The highest BCUT2D eigenvalue weighted by molar-refractivity contribution is 5.49. The molecule has 0 aliphatic carbocycles. The van der Waals surface area contributed by atoms with Gasteiger partial charge in [-0.15, -0.1) is 0 Å². The highest BCUT2D eigenvalue weighted by Gasteiger charge is 2.24. The van der Waals surface area contributed by atoms with E-state index in [0.29, 0.717) is 26.2 Å². The minimum atomic E-state index is -0.650. The van der Waals surface area contributed by atoms with Crippen LogP contribution in [0.15, 0.2) is 6.07 Å². The van der Waals surface area contributed by atoms with Crippen LogP contribution in [0.3, 0.4) is 0 Å². The molecule has 0 radical (unpaired) electrons. The summed E-state index contributed by atoms with van der Waals surface area (Å²) in [4.78, 5) is 5.98. The molecule has 6 heteroatoms. The van der Waals surface area contributed by atoms with E-state index < -0.39 is 11.6 Å². The molecule has 0 spiro atoms. The predicted octanol–water partition coefficient (Wildman–Crippen LogP) is 3.19. The zero-order valence-electron chi connectivity index (χ0n) is 12.7. The first-order valence-corrected chi connectivity index (χ1v) is 7.62. The van der Waals surface area contributed by atoms with Crippen LogP contribution in [0.2, 0.25) is 0 Å². The molecule has 1 aliphatic heterocycles. The van der Waals surface area contributed by atoms with Gasteiger partial charge < -0.3 is 15.0 Å². The number of piperidine rings is 1. The van der Waals surface area contributed by atoms with Crippen LogP contribution in [0.25, 0.3) is 0 Å². The molecule has 118 valence electrons. The summed E-state index contributed by atoms with van der Waals surface area (Å²) in [5.41, 5.74) is 0. The number of nitrogens with zero attached hydrogens (tertiary/aromatic N) is 2. The highest BCUT2D eigenvalue weighted by Crippen LogP contribution is 2.25. The summed E-state index contributed by atoms with van der Waals surface area (Å²) >= 11 is 0. The maximum Gasteiger partial charge on any atom is 0.168 e. The molecule has 21 heavy (non-hydrogen) atoms. The minimum absolute atomic E-state index is 0.0852. The highest BCUT2D eigenvalue weighted by atomic mass is 19.1. The number of halogens is 2. The van der Waals surface area contributed by atoms with Crippen molar-refractivity contribution in [1.82, 2.24) is 4.98 Å². The van der Waals surface area contributed by atoms with Crippen LogP contribution in [-0.4, -0.2) is 37.3 Å². The lowest BCUT2D eigenvalue weighted by Crippen LogP contribution is -2.40. The lowest BCUT2D eigenvalue weighted by Gasteiger charge is -2.33. The molecule has 1 aliphatic rings. The van der Waals surface area contributed by atoms with Gasteiger partial charge in [-0.25, -0.2) is 13.8 Å². The monoisotopic (exact) mass is 299 g/mol. The smallest absolute Gasteiger partial charge is 0.168 e. The number of ether oxygens (including phenoxy) is 1. The van der Waals surface area contributed by atoms with Gasteiger partial charge in [0.2, 0.25) is 0 Å². The van der Waals surface area contributed by atoms with Crippen LogP contribution >= 0.6 is 0 Å². The molecular weight excluding hydrogens is 276 g/mol. The molecule has 1 aromatic heterocycles. The van der Waals surface area contributed by atoms with E-state index in [1.165, 1.54) is 0 Å². The Labute approximate surface area is 124 Å². The summed E-state index contributed by atoms with van der Waals surface area (Å²) in [7, 11) is 0. The molecule has 4 nitrogen and oxygen atoms in total. The third-order valence-electron chi connectivity index (χ3n) is 3.53. The summed E-state index contributed by atoms with van der Waals surface area (Å²) in [6.07, 6.45) is 2.82. The van der Waals surface area contributed by atoms with Gasteiger partial charge in [-0.05, 0) is 26.2 Å². The average Bonchev–Trinajstić information content (AvgIpc) is 2.47. The fraction of sp³-hybridized carbons (Fsp3) is 0.667. The van der Waals surface area contributed by atoms with Crippen LogP contribution in [0.1, 0.15) is 33.1 Å². The first-order valence-electron chi connectivity index (χ1n) is 7.62. The molecule has 1 N–H and O–H groups in total. The van der Waals surface area contributed by atoms with Crippen molar-refractivity contribution >= 4 is 11.6 Å². The van der Waals surface area contributed by atoms with Crippen LogP contribution in [0.4, 0.5) is 20.4 Å². The second-order valence-corrected chi connectivity index (χ2v) is 5.22. The van der Waals surface area contributed by atoms with E-state index in [0.717, 1.165) is 25.3 Å². The van der Waals surface area contributed by atoms with Crippen molar-refractivity contribution in [2.24, 2.45) is 0 Å². The predicted molar refractivity (Wildman–Crippen MR) is 79.8 cm³/mol.